The zero-order valence-electron chi connectivity index (χ0n) is 17.4. The molecule has 1 amide bonds. The molecule has 2 aromatic rings. The van der Waals surface area contributed by atoms with Gasteiger partial charge in [0.1, 0.15) is 12.3 Å². The molecule has 0 aromatic heterocycles. The van der Waals surface area contributed by atoms with Gasteiger partial charge in [-0.25, -0.2) is 13.8 Å². The fourth-order valence-electron chi connectivity index (χ4n) is 2.73. The molecular formula is C21H27N3O4S. The Morgan fingerprint density at radius 2 is 1.76 bits per heavy atom. The molecule has 8 heteroatoms. The Kier molecular flexibility index (Phi) is 7.39. The largest absolute Gasteiger partial charge is 0.494 e. The van der Waals surface area contributed by atoms with Gasteiger partial charge in [-0.3, -0.25) is 9.10 Å². The molecule has 156 valence electrons. The number of nitrogens with zero attached hydrogens (tertiary/aromatic N) is 2. The fraction of sp³-hybridized carbons (Fsp3) is 0.333. The van der Waals surface area contributed by atoms with Crippen molar-refractivity contribution in [3.8, 4) is 5.75 Å². The van der Waals surface area contributed by atoms with Crippen molar-refractivity contribution < 1.29 is 17.9 Å². The normalized spacial score (nSPS) is 11.5. The van der Waals surface area contributed by atoms with Gasteiger partial charge in [-0.2, -0.15) is 5.10 Å². The minimum Gasteiger partial charge on any atom is -0.494 e. The summed E-state index contributed by atoms with van der Waals surface area (Å²) in [6.45, 7) is 8.04. The van der Waals surface area contributed by atoms with Crippen molar-refractivity contribution in [3.63, 3.8) is 0 Å². The van der Waals surface area contributed by atoms with Gasteiger partial charge < -0.3 is 4.74 Å². The third-order valence-electron chi connectivity index (χ3n) is 4.62. The highest BCUT2D eigenvalue weighted by molar-refractivity contribution is 7.92. The molecule has 7 nitrogen and oxygen atoms in total. The summed E-state index contributed by atoms with van der Waals surface area (Å²) in [5.74, 6) is 0.0876. The molecule has 2 aromatic carbocycles. The van der Waals surface area contributed by atoms with E-state index in [2.05, 4.69) is 10.5 Å². The summed E-state index contributed by atoms with van der Waals surface area (Å²) >= 11 is 0. The third-order valence-corrected chi connectivity index (χ3v) is 5.76. The lowest BCUT2D eigenvalue weighted by atomic mass is 10.00. The number of anilines is 1. The predicted molar refractivity (Wildman–Crippen MR) is 116 cm³/mol. The van der Waals surface area contributed by atoms with Crippen LogP contribution < -0.4 is 14.5 Å². The Labute approximate surface area is 172 Å². The third kappa shape index (κ3) is 6.05. The van der Waals surface area contributed by atoms with Crippen LogP contribution in [0, 0.1) is 20.8 Å². The summed E-state index contributed by atoms with van der Waals surface area (Å²) in [7, 11) is -3.65. The summed E-state index contributed by atoms with van der Waals surface area (Å²) in [5, 5.41) is 3.97. The maximum atomic E-state index is 12.3. The average Bonchev–Trinajstić information content (AvgIpc) is 2.66. The topological polar surface area (TPSA) is 88.1 Å². The van der Waals surface area contributed by atoms with Gasteiger partial charge in [0.15, 0.2) is 0 Å². The molecule has 2 rings (SSSR count). The molecule has 0 radical (unpaired) electrons. The van der Waals surface area contributed by atoms with Crippen molar-refractivity contribution >= 4 is 27.8 Å². The van der Waals surface area contributed by atoms with Crippen LogP contribution in [0.3, 0.4) is 0 Å². The van der Waals surface area contributed by atoms with Gasteiger partial charge in [0.05, 0.1) is 24.8 Å². The number of ether oxygens (including phenoxy) is 1. The van der Waals surface area contributed by atoms with Crippen LogP contribution in [0.2, 0.25) is 0 Å². The lowest BCUT2D eigenvalue weighted by molar-refractivity contribution is -0.119. The van der Waals surface area contributed by atoms with Crippen molar-refractivity contribution in [1.82, 2.24) is 5.43 Å². The van der Waals surface area contributed by atoms with Crippen molar-refractivity contribution in [2.24, 2.45) is 5.10 Å². The molecular weight excluding hydrogens is 390 g/mol. The summed E-state index contributed by atoms with van der Waals surface area (Å²) in [6.07, 6.45) is 2.61. The summed E-state index contributed by atoms with van der Waals surface area (Å²) in [6, 6.07) is 10.4. The number of carbonyl (C=O) groups is 1. The standard InChI is InChI=1S/C21H27N3O4S/c1-6-28-20-11-9-19(10-12-20)24(29(5,26)27)14-21(25)23-22-13-18-8-7-15(2)16(3)17(18)4/h7-13H,6,14H2,1-5H3,(H,23,25)/b22-13-. The highest BCUT2D eigenvalue weighted by Gasteiger charge is 2.20. The highest BCUT2D eigenvalue weighted by atomic mass is 32.2. The first-order valence-corrected chi connectivity index (χ1v) is 11.1. The number of nitrogens with one attached hydrogen (secondary N) is 1. The lowest BCUT2D eigenvalue weighted by Gasteiger charge is -2.21. The Bertz CT molecular complexity index is 999. The van der Waals surface area contributed by atoms with E-state index in [1.165, 1.54) is 11.1 Å². The number of carbonyl (C=O) groups excluding carboxylic acids is 1. The number of hydrogen-bond donors (Lipinski definition) is 1. The van der Waals surface area contributed by atoms with Gasteiger partial charge >= 0.3 is 0 Å². The van der Waals surface area contributed by atoms with Gasteiger partial charge in [0.2, 0.25) is 10.0 Å². The second-order valence-corrected chi connectivity index (χ2v) is 8.62. The maximum absolute atomic E-state index is 12.3. The van der Waals surface area contributed by atoms with Gasteiger partial charge in [-0.1, -0.05) is 12.1 Å². The molecule has 0 aliphatic carbocycles. The van der Waals surface area contributed by atoms with Crippen LogP contribution in [0.25, 0.3) is 0 Å². The monoisotopic (exact) mass is 417 g/mol. The fourth-order valence-corrected chi connectivity index (χ4v) is 3.59. The molecule has 29 heavy (non-hydrogen) atoms. The molecule has 0 aliphatic rings. The van der Waals surface area contributed by atoms with E-state index in [1.807, 2.05) is 39.8 Å². The smallest absolute Gasteiger partial charge is 0.260 e. The van der Waals surface area contributed by atoms with Crippen molar-refractivity contribution in [2.75, 3.05) is 23.7 Å². The first kappa shape index (κ1) is 22.4. The molecule has 0 heterocycles. The van der Waals surface area contributed by atoms with Crippen LogP contribution in [-0.2, 0) is 14.8 Å². The lowest BCUT2D eigenvalue weighted by Crippen LogP contribution is -2.39. The van der Waals surface area contributed by atoms with Crippen LogP contribution in [0.5, 0.6) is 5.75 Å². The Morgan fingerprint density at radius 1 is 1.10 bits per heavy atom. The quantitative estimate of drug-likeness (QED) is 0.528. The molecule has 0 saturated heterocycles. The second kappa shape index (κ2) is 9.56. The van der Waals surface area contributed by atoms with E-state index in [9.17, 15) is 13.2 Å². The number of sulfonamides is 1. The molecule has 0 saturated carbocycles. The number of hydrazone groups is 1. The molecule has 0 bridgehead atoms. The van der Waals surface area contributed by atoms with E-state index in [0.717, 1.165) is 21.7 Å². The Morgan fingerprint density at radius 3 is 2.34 bits per heavy atom. The zero-order chi connectivity index (χ0) is 21.6. The zero-order valence-corrected chi connectivity index (χ0v) is 18.2. The van der Waals surface area contributed by atoms with Crippen LogP contribution >= 0.6 is 0 Å². The molecule has 0 spiro atoms. The van der Waals surface area contributed by atoms with Crippen molar-refractivity contribution in [3.05, 3.63) is 58.7 Å². The first-order valence-electron chi connectivity index (χ1n) is 9.22. The van der Waals surface area contributed by atoms with Crippen LogP contribution in [-0.4, -0.2) is 39.9 Å². The van der Waals surface area contributed by atoms with Crippen molar-refractivity contribution in [1.29, 1.82) is 0 Å². The maximum Gasteiger partial charge on any atom is 0.260 e. The Balaban J connectivity index is 2.10. The predicted octanol–water partition coefficient (Wildman–Crippen LogP) is 2.93. The molecule has 0 fully saturated rings. The second-order valence-electron chi connectivity index (χ2n) is 6.71. The minimum atomic E-state index is -3.65. The number of aryl methyl sites for hydroxylation is 1. The van der Waals surface area contributed by atoms with Gasteiger partial charge in [-0.05, 0) is 74.2 Å². The summed E-state index contributed by atoms with van der Waals surface area (Å²) in [5.41, 5.74) is 7.09. The van der Waals surface area contributed by atoms with Crippen LogP contribution in [0.15, 0.2) is 41.5 Å². The molecule has 0 unspecified atom stereocenters. The van der Waals surface area contributed by atoms with E-state index >= 15 is 0 Å². The number of hydrogen-bond acceptors (Lipinski definition) is 5. The average molecular weight is 418 g/mol. The van der Waals surface area contributed by atoms with E-state index in [0.29, 0.717) is 18.0 Å². The van der Waals surface area contributed by atoms with Gasteiger partial charge in [0.25, 0.3) is 5.91 Å². The van der Waals surface area contributed by atoms with Crippen LogP contribution in [0.4, 0.5) is 5.69 Å². The summed E-state index contributed by atoms with van der Waals surface area (Å²) < 4.78 is 30.7. The number of amides is 1. The highest BCUT2D eigenvalue weighted by Crippen LogP contribution is 2.21. The molecule has 0 aliphatic heterocycles. The van der Waals surface area contributed by atoms with E-state index < -0.39 is 15.9 Å². The summed E-state index contributed by atoms with van der Waals surface area (Å²) in [4.78, 5) is 12.3. The van der Waals surface area contributed by atoms with E-state index in [4.69, 9.17) is 4.74 Å². The molecule has 1 N–H and O–H groups in total. The minimum absolute atomic E-state index is 0.375. The molecule has 0 atom stereocenters. The van der Waals surface area contributed by atoms with Crippen molar-refractivity contribution in [2.45, 2.75) is 27.7 Å². The van der Waals surface area contributed by atoms with Gasteiger partial charge in [-0.15, -0.1) is 0 Å². The van der Waals surface area contributed by atoms with Crippen LogP contribution in [0.1, 0.15) is 29.2 Å². The SMILES string of the molecule is CCOc1ccc(N(CC(=O)N/N=C\c2ccc(C)c(C)c2C)S(C)(=O)=O)cc1. The number of benzene rings is 2. The first-order chi connectivity index (χ1) is 13.6. The number of rotatable bonds is 8. The van der Waals surface area contributed by atoms with E-state index in [1.54, 1.807) is 30.5 Å². The Hall–Kier alpha value is -2.87. The van der Waals surface area contributed by atoms with E-state index in [-0.39, 0.29) is 6.54 Å². The van der Waals surface area contributed by atoms with Gasteiger partial charge in [0, 0.05) is 0 Å².